The smallest absolute Gasteiger partial charge is 0.0721 e. The molecule has 1 aliphatic rings. The molecule has 2 atom stereocenters. The van der Waals surface area contributed by atoms with Crippen LogP contribution >= 0.6 is 0 Å². The van der Waals surface area contributed by atoms with E-state index >= 15 is 0 Å². The second kappa shape index (κ2) is 6.35. The molecule has 1 N–H and O–H groups in total. The van der Waals surface area contributed by atoms with E-state index in [1.807, 2.05) is 0 Å². The zero-order valence-corrected chi connectivity index (χ0v) is 11.8. The van der Waals surface area contributed by atoms with Gasteiger partial charge in [-0.2, -0.15) is 0 Å². The van der Waals surface area contributed by atoms with Crippen LogP contribution in [0.5, 0.6) is 0 Å². The van der Waals surface area contributed by atoms with Crippen molar-refractivity contribution in [3.8, 4) is 0 Å². The van der Waals surface area contributed by atoms with E-state index in [2.05, 4.69) is 50.4 Å². The molecule has 0 saturated carbocycles. The molecule has 0 bridgehead atoms. The Morgan fingerprint density at radius 3 is 2.72 bits per heavy atom. The second-order valence-corrected chi connectivity index (χ2v) is 5.30. The summed E-state index contributed by atoms with van der Waals surface area (Å²) < 4.78 is 5.69. The summed E-state index contributed by atoms with van der Waals surface area (Å²) in [6.07, 6.45) is 2.47. The molecule has 18 heavy (non-hydrogen) atoms. The van der Waals surface area contributed by atoms with Crippen LogP contribution in [-0.2, 0) is 11.3 Å². The van der Waals surface area contributed by atoms with Crippen molar-refractivity contribution in [2.45, 2.75) is 52.3 Å². The third-order valence-corrected chi connectivity index (χ3v) is 4.19. The van der Waals surface area contributed by atoms with Gasteiger partial charge in [0.25, 0.3) is 0 Å². The monoisotopic (exact) mass is 247 g/mol. The molecule has 0 aromatic heterocycles. The predicted molar refractivity (Wildman–Crippen MR) is 75.5 cm³/mol. The van der Waals surface area contributed by atoms with Gasteiger partial charge in [-0.25, -0.2) is 0 Å². The molecule has 1 heterocycles. The highest BCUT2D eigenvalue weighted by molar-refractivity contribution is 5.31. The zero-order valence-electron chi connectivity index (χ0n) is 11.8. The first kappa shape index (κ1) is 13.6. The molecule has 0 radical (unpaired) electrons. The number of fused-ring (bicyclic) bond motifs is 1. The minimum Gasteiger partial charge on any atom is -0.375 e. The van der Waals surface area contributed by atoms with Crippen molar-refractivity contribution in [3.63, 3.8) is 0 Å². The van der Waals surface area contributed by atoms with E-state index in [0.29, 0.717) is 12.1 Å². The van der Waals surface area contributed by atoms with Crippen molar-refractivity contribution in [2.24, 2.45) is 5.92 Å². The average Bonchev–Trinajstić information content (AvgIpc) is 2.40. The van der Waals surface area contributed by atoms with Gasteiger partial charge in [0.2, 0.25) is 0 Å². The van der Waals surface area contributed by atoms with E-state index in [4.69, 9.17) is 4.74 Å². The van der Waals surface area contributed by atoms with Gasteiger partial charge in [-0.1, -0.05) is 51.0 Å². The van der Waals surface area contributed by atoms with Gasteiger partial charge < -0.3 is 10.1 Å². The number of hydrogen-bond donors (Lipinski definition) is 1. The van der Waals surface area contributed by atoms with Crippen LogP contribution in [0.15, 0.2) is 24.3 Å². The fraction of sp³-hybridized carbons (Fsp3) is 0.625. The lowest BCUT2D eigenvalue weighted by molar-refractivity contribution is 0.0758. The third kappa shape index (κ3) is 2.93. The summed E-state index contributed by atoms with van der Waals surface area (Å²) in [5.41, 5.74) is 2.75. The van der Waals surface area contributed by atoms with Gasteiger partial charge in [-0.05, 0) is 24.0 Å². The van der Waals surface area contributed by atoms with E-state index in [1.165, 1.54) is 24.0 Å². The molecule has 100 valence electrons. The normalized spacial score (nSPS) is 20.8. The Morgan fingerprint density at radius 1 is 1.28 bits per heavy atom. The van der Waals surface area contributed by atoms with Crippen LogP contribution in [0.3, 0.4) is 0 Å². The van der Waals surface area contributed by atoms with E-state index in [9.17, 15) is 0 Å². The van der Waals surface area contributed by atoms with Crippen molar-refractivity contribution in [1.29, 1.82) is 0 Å². The molecule has 1 aromatic rings. The van der Waals surface area contributed by atoms with Gasteiger partial charge in [0.15, 0.2) is 0 Å². The summed E-state index contributed by atoms with van der Waals surface area (Å²) >= 11 is 0. The highest BCUT2D eigenvalue weighted by Crippen LogP contribution is 2.26. The maximum absolute atomic E-state index is 5.69. The largest absolute Gasteiger partial charge is 0.375 e. The summed E-state index contributed by atoms with van der Waals surface area (Å²) in [5.74, 6) is 0.749. The number of rotatable bonds is 5. The van der Waals surface area contributed by atoms with E-state index in [1.54, 1.807) is 0 Å². The van der Waals surface area contributed by atoms with Crippen LogP contribution < -0.4 is 5.32 Å². The molecule has 2 unspecified atom stereocenters. The Balaban J connectivity index is 2.07. The summed E-state index contributed by atoms with van der Waals surface area (Å²) in [4.78, 5) is 0. The molecule has 0 aliphatic carbocycles. The Bertz CT molecular complexity index is 373. The summed E-state index contributed by atoms with van der Waals surface area (Å²) in [5, 5.41) is 3.75. The van der Waals surface area contributed by atoms with Gasteiger partial charge >= 0.3 is 0 Å². The average molecular weight is 247 g/mol. The molecule has 2 rings (SSSR count). The van der Waals surface area contributed by atoms with Crippen LogP contribution in [0.1, 0.15) is 50.8 Å². The summed E-state index contributed by atoms with van der Waals surface area (Å²) in [7, 11) is 0. The molecular weight excluding hydrogens is 222 g/mol. The van der Waals surface area contributed by atoms with Gasteiger partial charge in [-0.3, -0.25) is 0 Å². The van der Waals surface area contributed by atoms with E-state index < -0.39 is 0 Å². The van der Waals surface area contributed by atoms with E-state index in [-0.39, 0.29) is 0 Å². The SMILES string of the molecule is CCC(CC)C(C)NC1COCc2ccccc21. The van der Waals surface area contributed by atoms with Gasteiger partial charge in [-0.15, -0.1) is 0 Å². The maximum atomic E-state index is 5.69. The molecular formula is C16H25NO. The molecule has 0 fully saturated rings. The maximum Gasteiger partial charge on any atom is 0.0721 e. The predicted octanol–water partition coefficient (Wildman–Crippen LogP) is 3.67. The van der Waals surface area contributed by atoms with Crippen LogP contribution in [0.25, 0.3) is 0 Å². The Morgan fingerprint density at radius 2 is 2.00 bits per heavy atom. The van der Waals surface area contributed by atoms with Crippen molar-refractivity contribution in [3.05, 3.63) is 35.4 Å². The van der Waals surface area contributed by atoms with Crippen molar-refractivity contribution in [2.75, 3.05) is 6.61 Å². The van der Waals surface area contributed by atoms with Crippen molar-refractivity contribution < 1.29 is 4.74 Å². The quantitative estimate of drug-likeness (QED) is 0.857. The molecule has 0 saturated heterocycles. The molecule has 0 spiro atoms. The standard InChI is InChI=1S/C16H25NO/c1-4-13(5-2)12(3)17-16-11-18-10-14-8-6-7-9-15(14)16/h6-9,12-13,16-17H,4-5,10-11H2,1-3H3. The Kier molecular flexibility index (Phi) is 4.79. The summed E-state index contributed by atoms with van der Waals surface area (Å²) in [6.45, 7) is 8.40. The fourth-order valence-corrected chi connectivity index (χ4v) is 2.97. The highest BCUT2D eigenvalue weighted by atomic mass is 16.5. The Hall–Kier alpha value is -0.860. The number of ether oxygens (including phenoxy) is 1. The van der Waals surface area contributed by atoms with Crippen LogP contribution in [0.2, 0.25) is 0 Å². The van der Waals surface area contributed by atoms with Gasteiger partial charge in [0.05, 0.1) is 19.3 Å². The summed E-state index contributed by atoms with van der Waals surface area (Å²) in [6, 6.07) is 9.51. The molecule has 2 nitrogen and oxygen atoms in total. The van der Waals surface area contributed by atoms with Crippen molar-refractivity contribution >= 4 is 0 Å². The third-order valence-electron chi connectivity index (χ3n) is 4.19. The molecule has 2 heteroatoms. The highest BCUT2D eigenvalue weighted by Gasteiger charge is 2.23. The fourth-order valence-electron chi connectivity index (χ4n) is 2.97. The van der Waals surface area contributed by atoms with Crippen LogP contribution in [-0.4, -0.2) is 12.6 Å². The first-order valence-corrected chi connectivity index (χ1v) is 7.17. The molecule has 0 amide bonds. The topological polar surface area (TPSA) is 21.3 Å². The minimum atomic E-state index is 0.352. The second-order valence-electron chi connectivity index (χ2n) is 5.30. The Labute approximate surface area is 111 Å². The molecule has 1 aliphatic heterocycles. The number of nitrogens with one attached hydrogen (secondary N) is 1. The number of hydrogen-bond acceptors (Lipinski definition) is 2. The zero-order chi connectivity index (χ0) is 13.0. The van der Waals surface area contributed by atoms with Crippen molar-refractivity contribution in [1.82, 2.24) is 5.32 Å². The lowest BCUT2D eigenvalue weighted by atomic mass is 9.92. The lowest BCUT2D eigenvalue weighted by Gasteiger charge is -2.32. The number of benzene rings is 1. The molecule has 1 aromatic carbocycles. The van der Waals surface area contributed by atoms with E-state index in [0.717, 1.165) is 19.1 Å². The van der Waals surface area contributed by atoms with Crippen LogP contribution in [0.4, 0.5) is 0 Å². The minimum absolute atomic E-state index is 0.352. The van der Waals surface area contributed by atoms with Crippen LogP contribution in [0, 0.1) is 5.92 Å². The lowest BCUT2D eigenvalue weighted by Crippen LogP contribution is -2.39. The van der Waals surface area contributed by atoms with Gasteiger partial charge in [0.1, 0.15) is 0 Å². The first-order chi connectivity index (χ1) is 8.76. The first-order valence-electron chi connectivity index (χ1n) is 7.17. The van der Waals surface area contributed by atoms with Gasteiger partial charge in [0, 0.05) is 6.04 Å².